The Morgan fingerprint density at radius 3 is 1.40 bits per heavy atom. The zero-order valence-corrected chi connectivity index (χ0v) is 20.9. The van der Waals surface area contributed by atoms with Gasteiger partial charge in [0, 0.05) is 55.4 Å². The Bertz CT molecular complexity index is 1670. The second-order valence-electron chi connectivity index (χ2n) is 10.8. The van der Waals surface area contributed by atoms with Gasteiger partial charge in [-0.05, 0) is 34.4 Å². The summed E-state index contributed by atoms with van der Waals surface area (Å²) in [6.07, 6.45) is 0. The molecular weight excluding hydrogens is 440 g/mol. The summed E-state index contributed by atoms with van der Waals surface area (Å²) in [5, 5.41) is 2.70. The Balaban J connectivity index is 1.42. The van der Waals surface area contributed by atoms with E-state index in [0.717, 1.165) is 0 Å². The number of hydrogen-bond acceptors (Lipinski definition) is 0. The fourth-order valence-corrected chi connectivity index (χ4v) is 11.7. The normalized spacial score (nSPS) is 18.0. The number of hydrogen-bond donors (Lipinski definition) is 2. The van der Waals surface area contributed by atoms with E-state index < -0.39 is 8.07 Å². The van der Waals surface area contributed by atoms with Gasteiger partial charge in [-0.3, -0.25) is 0 Å². The van der Waals surface area contributed by atoms with Gasteiger partial charge in [0.05, 0.1) is 8.07 Å². The molecule has 6 aromatic rings. The molecule has 0 amide bonds. The summed E-state index contributed by atoms with van der Waals surface area (Å²) in [5.74, 6) is 0. The van der Waals surface area contributed by atoms with Crippen molar-refractivity contribution in [2.45, 2.75) is 24.2 Å². The molecule has 0 saturated carbocycles. The molecule has 35 heavy (non-hydrogen) atoms. The number of aromatic nitrogens is 2. The minimum Gasteiger partial charge on any atom is -0.358 e. The molecule has 0 bridgehead atoms. The Hall–Kier alpha value is -3.82. The average molecular weight is 467 g/mol. The largest absolute Gasteiger partial charge is 0.358 e. The Labute approximate surface area is 205 Å². The summed E-state index contributed by atoms with van der Waals surface area (Å²) < 4.78 is 0. The van der Waals surface area contributed by atoms with Crippen LogP contribution in [0.4, 0.5) is 0 Å². The third kappa shape index (κ3) is 2.39. The molecule has 2 N–H and O–H groups in total. The summed E-state index contributed by atoms with van der Waals surface area (Å²) in [5.41, 5.74) is 14.8. The van der Waals surface area contributed by atoms with E-state index in [9.17, 15) is 0 Å². The summed E-state index contributed by atoms with van der Waals surface area (Å²) >= 11 is 0. The van der Waals surface area contributed by atoms with E-state index in [4.69, 9.17) is 0 Å². The van der Waals surface area contributed by atoms with Gasteiger partial charge in [0.1, 0.15) is 0 Å². The van der Waals surface area contributed by atoms with Crippen molar-refractivity contribution in [3.8, 4) is 22.3 Å². The van der Waals surface area contributed by atoms with Crippen LogP contribution in [0.3, 0.4) is 0 Å². The van der Waals surface area contributed by atoms with Gasteiger partial charge in [-0.1, -0.05) is 98.0 Å². The van der Waals surface area contributed by atoms with Gasteiger partial charge >= 0.3 is 0 Å². The van der Waals surface area contributed by atoms with E-state index in [1.807, 2.05) is 0 Å². The molecule has 0 aliphatic heterocycles. The van der Waals surface area contributed by atoms with Crippen LogP contribution in [0, 0.1) is 0 Å². The highest BCUT2D eigenvalue weighted by atomic mass is 28.3. The van der Waals surface area contributed by atoms with Gasteiger partial charge in [-0.15, -0.1) is 0 Å². The predicted octanol–water partition coefficient (Wildman–Crippen LogP) is 8.36. The number of nitrogens with one attached hydrogen (secondary N) is 2. The predicted molar refractivity (Wildman–Crippen MR) is 149 cm³/mol. The first-order chi connectivity index (χ1) is 17.1. The standard InChI is InChI=1S/C32H26N2Si/c1-35(2,31-21-13-5-3-11-19(21)27-23-15-7-9-17-25(23)33-29(27)31)32-22-14-6-4-12-20(22)28-24-16-8-10-18-26(24)34-30(28)32/h3-18,31-34H,1-2H3. The monoisotopic (exact) mass is 466 g/mol. The summed E-state index contributed by atoms with van der Waals surface area (Å²) in [4.78, 5) is 7.80. The van der Waals surface area contributed by atoms with Crippen LogP contribution in [-0.2, 0) is 0 Å². The van der Waals surface area contributed by atoms with E-state index in [-0.39, 0.29) is 0 Å². The van der Waals surface area contributed by atoms with Gasteiger partial charge in [-0.25, -0.2) is 0 Å². The summed E-state index contributed by atoms with van der Waals surface area (Å²) in [6, 6.07) is 35.9. The summed E-state index contributed by atoms with van der Waals surface area (Å²) in [6.45, 7) is 5.22. The van der Waals surface area contributed by atoms with Crippen molar-refractivity contribution in [2.24, 2.45) is 0 Å². The Morgan fingerprint density at radius 1 is 0.514 bits per heavy atom. The molecule has 0 radical (unpaired) electrons. The lowest BCUT2D eigenvalue weighted by Gasteiger charge is -2.37. The second kappa shape index (κ2) is 6.64. The quantitative estimate of drug-likeness (QED) is 0.240. The smallest absolute Gasteiger partial charge is 0.0769 e. The van der Waals surface area contributed by atoms with Crippen molar-refractivity contribution < 1.29 is 0 Å². The van der Waals surface area contributed by atoms with Gasteiger partial charge in [0.15, 0.2) is 0 Å². The van der Waals surface area contributed by atoms with Crippen LogP contribution in [0.5, 0.6) is 0 Å². The number of H-pyrrole nitrogens is 2. The van der Waals surface area contributed by atoms with Crippen LogP contribution in [-0.4, -0.2) is 18.0 Å². The van der Waals surface area contributed by atoms with Crippen molar-refractivity contribution in [2.75, 3.05) is 0 Å². The number of para-hydroxylation sites is 2. The first kappa shape index (κ1) is 19.5. The highest BCUT2D eigenvalue weighted by Crippen LogP contribution is 2.59. The molecule has 168 valence electrons. The van der Waals surface area contributed by atoms with Gasteiger partial charge in [-0.2, -0.15) is 0 Å². The lowest BCUT2D eigenvalue weighted by molar-refractivity contribution is 0.963. The molecule has 2 aliphatic rings. The van der Waals surface area contributed by atoms with Crippen molar-refractivity contribution in [3.05, 3.63) is 120 Å². The third-order valence-corrected chi connectivity index (χ3v) is 12.8. The molecule has 0 fully saturated rings. The number of fused-ring (bicyclic) bond motifs is 10. The van der Waals surface area contributed by atoms with Gasteiger partial charge < -0.3 is 9.97 Å². The van der Waals surface area contributed by atoms with Crippen LogP contribution in [0.25, 0.3) is 44.1 Å². The molecule has 0 spiro atoms. The molecular formula is C32H26N2Si. The number of rotatable bonds is 2. The van der Waals surface area contributed by atoms with Gasteiger partial charge in [0.25, 0.3) is 0 Å². The minimum absolute atomic E-state index is 0.400. The first-order valence-corrected chi connectivity index (χ1v) is 15.7. The second-order valence-corrected chi connectivity index (χ2v) is 15.6. The molecule has 3 heteroatoms. The van der Waals surface area contributed by atoms with Gasteiger partial charge in [0.2, 0.25) is 0 Å². The van der Waals surface area contributed by atoms with Crippen LogP contribution < -0.4 is 0 Å². The molecule has 4 aromatic carbocycles. The van der Waals surface area contributed by atoms with E-state index in [1.165, 1.54) is 66.6 Å². The van der Waals surface area contributed by atoms with Crippen LogP contribution in [0.2, 0.25) is 13.1 Å². The fraction of sp³-hybridized carbons (Fsp3) is 0.125. The molecule has 2 heterocycles. The van der Waals surface area contributed by atoms with Crippen LogP contribution in [0.1, 0.15) is 33.6 Å². The van der Waals surface area contributed by atoms with Crippen LogP contribution in [0.15, 0.2) is 97.1 Å². The highest BCUT2D eigenvalue weighted by Gasteiger charge is 2.51. The first-order valence-electron chi connectivity index (χ1n) is 12.5. The summed E-state index contributed by atoms with van der Waals surface area (Å²) in [7, 11) is -2.03. The lowest BCUT2D eigenvalue weighted by atomic mass is 10.0. The molecule has 8 rings (SSSR count). The maximum absolute atomic E-state index is 3.90. The topological polar surface area (TPSA) is 31.6 Å². The van der Waals surface area contributed by atoms with Crippen molar-refractivity contribution >= 4 is 29.9 Å². The minimum atomic E-state index is -2.03. The average Bonchev–Trinajstić information content (AvgIpc) is 3.59. The van der Waals surface area contributed by atoms with Crippen molar-refractivity contribution in [3.63, 3.8) is 0 Å². The fourth-order valence-electron chi connectivity index (χ4n) is 7.32. The van der Waals surface area contributed by atoms with Crippen molar-refractivity contribution in [1.82, 2.24) is 9.97 Å². The molecule has 2 aromatic heterocycles. The Kier molecular flexibility index (Phi) is 3.70. The van der Waals surface area contributed by atoms with Crippen molar-refractivity contribution in [1.29, 1.82) is 0 Å². The maximum Gasteiger partial charge on any atom is 0.0769 e. The van der Waals surface area contributed by atoms with E-state index in [0.29, 0.717) is 11.1 Å². The molecule has 2 atom stereocenters. The SMILES string of the molecule is C[Si](C)(C1c2ccccc2-c2c1[nH]c1ccccc21)C1c2ccccc2-c2c1[nH]c1ccccc21. The zero-order valence-electron chi connectivity index (χ0n) is 19.9. The van der Waals surface area contributed by atoms with E-state index in [2.05, 4.69) is 120 Å². The zero-order chi connectivity index (χ0) is 23.3. The number of benzene rings is 4. The van der Waals surface area contributed by atoms with E-state index in [1.54, 1.807) is 0 Å². The molecule has 2 unspecified atom stereocenters. The third-order valence-electron chi connectivity index (χ3n) is 8.62. The van der Waals surface area contributed by atoms with Crippen LogP contribution >= 0.6 is 0 Å². The highest BCUT2D eigenvalue weighted by molar-refractivity contribution is 6.82. The Morgan fingerprint density at radius 2 is 0.914 bits per heavy atom. The molecule has 2 aliphatic carbocycles. The molecule has 0 saturated heterocycles. The van der Waals surface area contributed by atoms with E-state index >= 15 is 0 Å². The number of aromatic amines is 2. The molecule has 2 nitrogen and oxygen atoms in total. The maximum atomic E-state index is 3.90. The lowest BCUT2D eigenvalue weighted by Crippen LogP contribution is -2.42.